The summed E-state index contributed by atoms with van der Waals surface area (Å²) in [5.41, 5.74) is 0.163. The fourth-order valence-corrected chi connectivity index (χ4v) is 2.59. The number of guanidine groups is 1. The molecule has 1 rings (SSSR count). The van der Waals surface area contributed by atoms with Crippen molar-refractivity contribution >= 4 is 12.1 Å². The van der Waals surface area contributed by atoms with Crippen molar-refractivity contribution in [1.29, 1.82) is 0 Å². The molecule has 0 aromatic heterocycles. The second-order valence-electron chi connectivity index (χ2n) is 7.79. The van der Waals surface area contributed by atoms with Crippen molar-refractivity contribution in [3.05, 3.63) is 23.8 Å². The number of carbonyl (C=O) groups is 1. The fraction of sp³-hybridized carbons (Fsp3) is 0.619. The number of methoxy groups -OCH3 is 1. The van der Waals surface area contributed by atoms with Crippen LogP contribution in [0.2, 0.25) is 0 Å². The van der Waals surface area contributed by atoms with Gasteiger partial charge in [0.05, 0.1) is 7.11 Å². The van der Waals surface area contributed by atoms with Crippen LogP contribution in [-0.4, -0.2) is 49.5 Å². The Bertz CT molecular complexity index is 671. The minimum absolute atomic E-state index is 0.00688. The number of nitrogens with zero attached hydrogens (tertiary/aromatic N) is 1. The highest BCUT2D eigenvalue weighted by molar-refractivity contribution is 5.80. The van der Waals surface area contributed by atoms with Crippen LogP contribution >= 0.6 is 0 Å². The van der Waals surface area contributed by atoms with E-state index in [1.807, 2.05) is 20.8 Å². The minimum Gasteiger partial charge on any atom is -0.508 e. The maximum atomic E-state index is 12.0. The number of carbonyl (C=O) groups excluding carboxylic acids is 1. The normalized spacial score (nSPS) is 12.8. The van der Waals surface area contributed by atoms with Crippen LogP contribution in [0.5, 0.6) is 11.5 Å². The minimum atomic E-state index is -0.535. The lowest BCUT2D eigenvalue weighted by Crippen LogP contribution is -2.48. The number of unbranched alkanes of at least 4 members (excludes halogenated alkanes) is 1. The van der Waals surface area contributed by atoms with Gasteiger partial charge < -0.3 is 30.5 Å². The monoisotopic (exact) mass is 408 g/mol. The molecule has 0 spiro atoms. The third-order valence-corrected chi connectivity index (χ3v) is 4.10. The number of aromatic hydroxyl groups is 1. The molecule has 0 saturated carbocycles. The van der Waals surface area contributed by atoms with Crippen molar-refractivity contribution < 1.29 is 19.4 Å². The molecule has 0 saturated heterocycles. The standard InChI is InChI=1S/C21H36N4O4/c1-7-8-9-16(14-24-20(27)29-21(2,3)4)25-19(22-5)23-13-15-12-17(28-6)10-11-18(15)26/h10-12,16,26H,7-9,13-14H2,1-6H3,(H,24,27)(H2,22,23,25). The number of nitrogens with one attached hydrogen (secondary N) is 3. The Hall–Kier alpha value is -2.64. The first-order chi connectivity index (χ1) is 13.7. The molecule has 8 nitrogen and oxygen atoms in total. The molecule has 8 heteroatoms. The number of hydrogen-bond acceptors (Lipinski definition) is 5. The van der Waals surface area contributed by atoms with E-state index in [9.17, 15) is 9.90 Å². The molecular weight excluding hydrogens is 372 g/mol. The van der Waals surface area contributed by atoms with Crippen LogP contribution in [0.4, 0.5) is 4.79 Å². The van der Waals surface area contributed by atoms with Crippen LogP contribution in [0.15, 0.2) is 23.2 Å². The van der Waals surface area contributed by atoms with Gasteiger partial charge in [0.15, 0.2) is 5.96 Å². The zero-order valence-corrected chi connectivity index (χ0v) is 18.5. The average molecular weight is 409 g/mol. The molecule has 0 aliphatic rings. The zero-order chi connectivity index (χ0) is 21.9. The number of benzene rings is 1. The number of alkyl carbamates (subject to hydrolysis) is 1. The third-order valence-electron chi connectivity index (χ3n) is 4.10. The van der Waals surface area contributed by atoms with Gasteiger partial charge in [-0.2, -0.15) is 0 Å². The van der Waals surface area contributed by atoms with Crippen LogP contribution in [0.25, 0.3) is 0 Å². The molecule has 0 aliphatic heterocycles. The van der Waals surface area contributed by atoms with E-state index in [-0.39, 0.29) is 11.8 Å². The fourth-order valence-electron chi connectivity index (χ4n) is 2.59. The van der Waals surface area contributed by atoms with Crippen LogP contribution in [0.1, 0.15) is 52.5 Å². The molecule has 1 aromatic carbocycles. The van der Waals surface area contributed by atoms with Crippen molar-refractivity contribution in [3.8, 4) is 11.5 Å². The molecule has 0 bridgehead atoms. The van der Waals surface area contributed by atoms with E-state index in [0.717, 1.165) is 19.3 Å². The summed E-state index contributed by atoms with van der Waals surface area (Å²) in [6.07, 6.45) is 2.50. The Morgan fingerprint density at radius 1 is 1.28 bits per heavy atom. The maximum Gasteiger partial charge on any atom is 0.407 e. The van der Waals surface area contributed by atoms with E-state index in [2.05, 4.69) is 27.9 Å². The number of phenolic OH excluding ortho intramolecular Hbond substituents is 1. The molecule has 4 N–H and O–H groups in total. The Balaban J connectivity index is 2.66. The highest BCUT2D eigenvalue weighted by atomic mass is 16.6. The molecule has 1 amide bonds. The summed E-state index contributed by atoms with van der Waals surface area (Å²) in [5, 5.41) is 19.4. The number of ether oxygens (including phenoxy) is 2. The molecule has 0 heterocycles. The van der Waals surface area contributed by atoms with Gasteiger partial charge >= 0.3 is 6.09 Å². The van der Waals surface area contributed by atoms with Crippen LogP contribution in [0.3, 0.4) is 0 Å². The Labute approximate surface area is 174 Å². The summed E-state index contributed by atoms with van der Waals surface area (Å²) in [4.78, 5) is 16.2. The van der Waals surface area contributed by atoms with Crippen LogP contribution in [-0.2, 0) is 11.3 Å². The predicted molar refractivity (Wildman–Crippen MR) is 116 cm³/mol. The van der Waals surface area contributed by atoms with Gasteiger partial charge in [0.2, 0.25) is 0 Å². The lowest BCUT2D eigenvalue weighted by Gasteiger charge is -2.24. The molecule has 0 fully saturated rings. The van der Waals surface area contributed by atoms with Gasteiger partial charge in [0.1, 0.15) is 17.1 Å². The smallest absolute Gasteiger partial charge is 0.407 e. The van der Waals surface area contributed by atoms with Crippen molar-refractivity contribution in [2.24, 2.45) is 4.99 Å². The first-order valence-electron chi connectivity index (χ1n) is 9.98. The van der Waals surface area contributed by atoms with E-state index in [4.69, 9.17) is 9.47 Å². The molecule has 0 aliphatic carbocycles. The second-order valence-corrected chi connectivity index (χ2v) is 7.79. The van der Waals surface area contributed by atoms with Crippen molar-refractivity contribution in [2.45, 2.75) is 65.1 Å². The molecule has 1 unspecified atom stereocenters. The molecule has 164 valence electrons. The summed E-state index contributed by atoms with van der Waals surface area (Å²) >= 11 is 0. The van der Waals surface area contributed by atoms with Crippen LogP contribution in [0, 0.1) is 0 Å². The Kier molecular flexibility index (Phi) is 10.1. The van der Waals surface area contributed by atoms with Crippen LogP contribution < -0.4 is 20.7 Å². The summed E-state index contributed by atoms with van der Waals surface area (Å²) in [6, 6.07) is 5.07. The van der Waals surface area contributed by atoms with Crippen molar-refractivity contribution in [3.63, 3.8) is 0 Å². The SMILES string of the molecule is CCCCC(CNC(=O)OC(C)(C)C)NC(=NC)NCc1cc(OC)ccc1O. The third kappa shape index (κ3) is 9.91. The van der Waals surface area contributed by atoms with Gasteiger partial charge in [0.25, 0.3) is 0 Å². The number of phenols is 1. The number of aliphatic imine (C=N–C) groups is 1. The summed E-state index contributed by atoms with van der Waals surface area (Å²) in [6.45, 7) is 8.41. The first kappa shape index (κ1) is 24.4. The van der Waals surface area contributed by atoms with Gasteiger partial charge in [-0.1, -0.05) is 19.8 Å². The summed E-state index contributed by atoms with van der Waals surface area (Å²) in [5.74, 6) is 1.44. The van der Waals surface area contributed by atoms with E-state index in [1.54, 1.807) is 32.4 Å². The Morgan fingerprint density at radius 3 is 2.59 bits per heavy atom. The number of rotatable bonds is 9. The predicted octanol–water partition coefficient (Wildman–Crippen LogP) is 3.15. The second kappa shape index (κ2) is 12.0. The van der Waals surface area contributed by atoms with E-state index < -0.39 is 11.7 Å². The number of amides is 1. The van der Waals surface area contributed by atoms with Gasteiger partial charge in [-0.25, -0.2) is 4.79 Å². The highest BCUT2D eigenvalue weighted by Gasteiger charge is 2.18. The van der Waals surface area contributed by atoms with Crippen molar-refractivity contribution in [1.82, 2.24) is 16.0 Å². The zero-order valence-electron chi connectivity index (χ0n) is 18.5. The molecule has 0 radical (unpaired) electrons. The topological polar surface area (TPSA) is 104 Å². The lowest BCUT2D eigenvalue weighted by atomic mass is 10.1. The number of hydrogen-bond donors (Lipinski definition) is 4. The average Bonchev–Trinajstić information content (AvgIpc) is 2.66. The molecule has 1 atom stereocenters. The maximum absolute atomic E-state index is 12.0. The van der Waals surface area contributed by atoms with Gasteiger partial charge in [-0.3, -0.25) is 4.99 Å². The summed E-state index contributed by atoms with van der Waals surface area (Å²) < 4.78 is 10.5. The van der Waals surface area contributed by atoms with Gasteiger partial charge in [0, 0.05) is 31.7 Å². The van der Waals surface area contributed by atoms with E-state index >= 15 is 0 Å². The van der Waals surface area contributed by atoms with E-state index in [0.29, 0.717) is 30.4 Å². The molecular formula is C21H36N4O4. The van der Waals surface area contributed by atoms with Crippen molar-refractivity contribution in [2.75, 3.05) is 20.7 Å². The molecule has 29 heavy (non-hydrogen) atoms. The van der Waals surface area contributed by atoms with E-state index in [1.165, 1.54) is 0 Å². The Morgan fingerprint density at radius 2 is 2.00 bits per heavy atom. The quantitative estimate of drug-likeness (QED) is 0.370. The summed E-state index contributed by atoms with van der Waals surface area (Å²) in [7, 11) is 3.26. The molecule has 1 aromatic rings. The van der Waals surface area contributed by atoms with Gasteiger partial charge in [-0.05, 0) is 45.4 Å². The first-order valence-corrected chi connectivity index (χ1v) is 9.98. The largest absolute Gasteiger partial charge is 0.508 e. The highest BCUT2D eigenvalue weighted by Crippen LogP contribution is 2.22. The van der Waals surface area contributed by atoms with Gasteiger partial charge in [-0.15, -0.1) is 0 Å². The lowest BCUT2D eigenvalue weighted by molar-refractivity contribution is 0.0522.